The fourth-order valence-electron chi connectivity index (χ4n) is 2.29. The van der Waals surface area contributed by atoms with Crippen molar-refractivity contribution in [3.8, 4) is 0 Å². The number of nitrogens with one attached hydrogen (secondary N) is 1. The quantitative estimate of drug-likeness (QED) is 0.514. The summed E-state index contributed by atoms with van der Waals surface area (Å²) in [6.07, 6.45) is 4.52. The second kappa shape index (κ2) is 6.74. The summed E-state index contributed by atoms with van der Waals surface area (Å²) < 4.78 is 0. The van der Waals surface area contributed by atoms with Gasteiger partial charge in [0.2, 0.25) is 5.91 Å². The molecule has 0 aliphatic heterocycles. The molecular weight excluding hydrogens is 276 g/mol. The van der Waals surface area contributed by atoms with Crippen LogP contribution in [0.3, 0.4) is 0 Å². The summed E-state index contributed by atoms with van der Waals surface area (Å²) in [5, 5.41) is 13.4. The zero-order chi connectivity index (χ0) is 14.5. The minimum atomic E-state index is -0.426. The molecule has 1 unspecified atom stereocenters. The van der Waals surface area contributed by atoms with E-state index in [1.165, 1.54) is 36.7 Å². The van der Waals surface area contributed by atoms with Crippen molar-refractivity contribution in [2.24, 2.45) is 0 Å². The van der Waals surface area contributed by atoms with Gasteiger partial charge in [0.15, 0.2) is 0 Å². The van der Waals surface area contributed by atoms with Gasteiger partial charge in [0.25, 0.3) is 5.69 Å². The number of amides is 1. The molecule has 108 valence electrons. The second-order valence-electron chi connectivity index (χ2n) is 5.00. The highest BCUT2D eigenvalue weighted by Gasteiger charge is 2.21. The Morgan fingerprint density at radius 3 is 2.50 bits per heavy atom. The Morgan fingerprint density at radius 2 is 1.95 bits per heavy atom. The maximum absolute atomic E-state index is 12.0. The number of nitro benzene ring substituents is 1. The standard InChI is InChI=1S/C14H18N2O3S/c1-10(14(17)15-11-4-2-3-5-11)20-13-8-6-12(7-9-13)16(18)19/h6-11H,2-5H2,1H3,(H,15,17). The van der Waals surface area contributed by atoms with Crippen molar-refractivity contribution in [1.29, 1.82) is 0 Å². The third kappa shape index (κ3) is 3.96. The van der Waals surface area contributed by atoms with Crippen LogP contribution in [0, 0.1) is 10.1 Å². The highest BCUT2D eigenvalue weighted by Crippen LogP contribution is 2.26. The summed E-state index contributed by atoms with van der Waals surface area (Å²) in [5.41, 5.74) is 0.0670. The van der Waals surface area contributed by atoms with E-state index >= 15 is 0 Å². The minimum absolute atomic E-state index is 0.0419. The normalized spacial score (nSPS) is 16.9. The molecule has 1 fully saturated rings. The molecular formula is C14H18N2O3S. The lowest BCUT2D eigenvalue weighted by atomic mass is 10.2. The molecule has 1 aromatic rings. The van der Waals surface area contributed by atoms with E-state index < -0.39 is 4.92 Å². The van der Waals surface area contributed by atoms with Gasteiger partial charge >= 0.3 is 0 Å². The van der Waals surface area contributed by atoms with Gasteiger partial charge in [-0.1, -0.05) is 12.8 Å². The van der Waals surface area contributed by atoms with Crippen LogP contribution in [0.4, 0.5) is 5.69 Å². The predicted octanol–water partition coefficient (Wildman–Crippen LogP) is 3.13. The molecule has 1 aromatic carbocycles. The molecule has 1 atom stereocenters. The third-order valence-corrected chi connectivity index (χ3v) is 4.54. The van der Waals surface area contributed by atoms with Crippen LogP contribution in [0.15, 0.2) is 29.2 Å². The minimum Gasteiger partial charge on any atom is -0.352 e. The molecule has 0 spiro atoms. The number of non-ortho nitro benzene ring substituents is 1. The molecule has 6 heteroatoms. The zero-order valence-corrected chi connectivity index (χ0v) is 12.2. The average molecular weight is 294 g/mol. The molecule has 1 saturated carbocycles. The Hall–Kier alpha value is -1.56. The Labute approximate surface area is 122 Å². The Morgan fingerprint density at radius 1 is 1.35 bits per heavy atom. The fourth-order valence-corrected chi connectivity index (χ4v) is 3.17. The van der Waals surface area contributed by atoms with Crippen LogP contribution in [0.2, 0.25) is 0 Å². The van der Waals surface area contributed by atoms with Gasteiger partial charge in [-0.15, -0.1) is 11.8 Å². The summed E-state index contributed by atoms with van der Waals surface area (Å²) in [5.74, 6) is 0.0419. The maximum atomic E-state index is 12.0. The van der Waals surface area contributed by atoms with Crippen LogP contribution in [0.1, 0.15) is 32.6 Å². The summed E-state index contributed by atoms with van der Waals surface area (Å²) >= 11 is 1.42. The Balaban J connectivity index is 1.87. The first-order valence-corrected chi connectivity index (χ1v) is 7.65. The van der Waals surface area contributed by atoms with Crippen LogP contribution in [-0.2, 0) is 4.79 Å². The molecule has 0 aromatic heterocycles. The summed E-state index contributed by atoms with van der Waals surface area (Å²) in [4.78, 5) is 23.0. The smallest absolute Gasteiger partial charge is 0.269 e. The fraction of sp³-hybridized carbons (Fsp3) is 0.500. The van der Waals surface area contributed by atoms with Crippen molar-refractivity contribution in [3.63, 3.8) is 0 Å². The lowest BCUT2D eigenvalue weighted by Crippen LogP contribution is -2.37. The zero-order valence-electron chi connectivity index (χ0n) is 11.4. The molecule has 20 heavy (non-hydrogen) atoms. The number of benzene rings is 1. The van der Waals surface area contributed by atoms with Crippen LogP contribution >= 0.6 is 11.8 Å². The number of carbonyl (C=O) groups is 1. The van der Waals surface area contributed by atoms with E-state index in [0.29, 0.717) is 6.04 Å². The molecule has 0 heterocycles. The summed E-state index contributed by atoms with van der Waals surface area (Å²) in [7, 11) is 0. The third-order valence-electron chi connectivity index (χ3n) is 3.43. The van der Waals surface area contributed by atoms with Gasteiger partial charge in [0, 0.05) is 23.1 Å². The molecule has 1 aliphatic carbocycles. The number of rotatable bonds is 5. The van der Waals surface area contributed by atoms with Crippen LogP contribution < -0.4 is 5.32 Å². The van der Waals surface area contributed by atoms with Gasteiger partial charge in [-0.2, -0.15) is 0 Å². The number of carbonyl (C=O) groups excluding carboxylic acids is 1. The molecule has 0 radical (unpaired) electrons. The molecule has 2 rings (SSSR count). The van der Waals surface area contributed by atoms with Crippen molar-refractivity contribution in [3.05, 3.63) is 34.4 Å². The van der Waals surface area contributed by atoms with E-state index in [4.69, 9.17) is 0 Å². The van der Waals surface area contributed by atoms with Gasteiger partial charge in [-0.3, -0.25) is 14.9 Å². The van der Waals surface area contributed by atoms with E-state index in [1.54, 1.807) is 12.1 Å². The number of hydrogen-bond donors (Lipinski definition) is 1. The van der Waals surface area contributed by atoms with Crippen LogP contribution in [0.25, 0.3) is 0 Å². The first-order chi connectivity index (χ1) is 9.56. The van der Waals surface area contributed by atoms with Crippen molar-refractivity contribution >= 4 is 23.4 Å². The Kier molecular flexibility index (Phi) is 5.00. The van der Waals surface area contributed by atoms with Crippen LogP contribution in [0.5, 0.6) is 0 Å². The molecule has 0 saturated heterocycles. The van der Waals surface area contributed by atoms with E-state index in [9.17, 15) is 14.9 Å². The molecule has 1 aliphatic rings. The molecule has 1 N–H and O–H groups in total. The summed E-state index contributed by atoms with van der Waals surface area (Å²) in [6.45, 7) is 1.86. The lowest BCUT2D eigenvalue weighted by molar-refractivity contribution is -0.384. The first-order valence-electron chi connectivity index (χ1n) is 6.78. The van der Waals surface area contributed by atoms with Crippen molar-refractivity contribution in [2.75, 3.05) is 0 Å². The summed E-state index contributed by atoms with van der Waals surface area (Å²) in [6, 6.07) is 6.61. The predicted molar refractivity (Wildman–Crippen MR) is 78.8 cm³/mol. The van der Waals surface area contributed by atoms with E-state index in [0.717, 1.165) is 17.7 Å². The monoisotopic (exact) mass is 294 g/mol. The largest absolute Gasteiger partial charge is 0.352 e. The van der Waals surface area contributed by atoms with Crippen molar-refractivity contribution in [2.45, 2.75) is 48.8 Å². The van der Waals surface area contributed by atoms with Crippen LogP contribution in [-0.4, -0.2) is 22.1 Å². The molecule has 5 nitrogen and oxygen atoms in total. The average Bonchev–Trinajstić information content (AvgIpc) is 2.92. The van der Waals surface area contributed by atoms with Gasteiger partial charge in [0.1, 0.15) is 0 Å². The van der Waals surface area contributed by atoms with Crippen molar-refractivity contribution in [1.82, 2.24) is 5.32 Å². The highest BCUT2D eigenvalue weighted by atomic mass is 32.2. The second-order valence-corrected chi connectivity index (χ2v) is 6.42. The van der Waals surface area contributed by atoms with Gasteiger partial charge < -0.3 is 5.32 Å². The lowest BCUT2D eigenvalue weighted by Gasteiger charge is -2.16. The first kappa shape index (κ1) is 14.8. The topological polar surface area (TPSA) is 72.2 Å². The number of nitro groups is 1. The highest BCUT2D eigenvalue weighted by molar-refractivity contribution is 8.00. The number of thioether (sulfide) groups is 1. The van der Waals surface area contributed by atoms with Gasteiger partial charge in [-0.05, 0) is 31.9 Å². The molecule has 1 amide bonds. The van der Waals surface area contributed by atoms with Gasteiger partial charge in [0.05, 0.1) is 10.2 Å². The van der Waals surface area contributed by atoms with Gasteiger partial charge in [-0.25, -0.2) is 0 Å². The van der Waals surface area contributed by atoms with Crippen molar-refractivity contribution < 1.29 is 9.72 Å². The van der Waals surface area contributed by atoms with E-state index in [-0.39, 0.29) is 16.8 Å². The number of hydrogen-bond acceptors (Lipinski definition) is 4. The van der Waals surface area contributed by atoms with E-state index in [2.05, 4.69) is 5.32 Å². The van der Waals surface area contributed by atoms with E-state index in [1.807, 2.05) is 6.92 Å². The number of nitrogens with zero attached hydrogens (tertiary/aromatic N) is 1. The Bertz CT molecular complexity index is 484. The SMILES string of the molecule is CC(Sc1ccc([N+](=O)[O-])cc1)C(=O)NC1CCCC1. The maximum Gasteiger partial charge on any atom is 0.269 e. The molecule has 0 bridgehead atoms.